The average molecular weight is 436 g/mol. The highest BCUT2D eigenvalue weighted by molar-refractivity contribution is 6.51. The molecule has 1 N–H and O–H groups in total. The second-order valence-electron chi connectivity index (χ2n) is 7.54. The largest absolute Gasteiger partial charge is 0.507 e. The van der Waals surface area contributed by atoms with Gasteiger partial charge in [0.05, 0.1) is 18.4 Å². The lowest BCUT2D eigenvalue weighted by molar-refractivity contribution is -0.132. The summed E-state index contributed by atoms with van der Waals surface area (Å²) in [4.78, 5) is 27.6. The lowest BCUT2D eigenvalue weighted by Crippen LogP contribution is -2.30. The number of Topliss-reactive ketones (excluding diaryl/α,β-unsaturated/α-hetero) is 1. The first-order valence-electron chi connectivity index (χ1n) is 9.82. The van der Waals surface area contributed by atoms with Crippen molar-refractivity contribution >= 4 is 34.7 Å². The maximum Gasteiger partial charge on any atom is 0.300 e. The summed E-state index contributed by atoms with van der Waals surface area (Å²) in [6.45, 7) is 2.40. The summed E-state index contributed by atoms with van der Waals surface area (Å²) >= 11 is 6.18. The first kappa shape index (κ1) is 19.5. The number of carbonyl (C=O) groups is 2. The van der Waals surface area contributed by atoms with E-state index in [0.717, 1.165) is 16.9 Å². The Labute approximate surface area is 183 Å². The van der Waals surface area contributed by atoms with E-state index in [0.29, 0.717) is 35.1 Å². The predicted molar refractivity (Wildman–Crippen MR) is 115 cm³/mol. The van der Waals surface area contributed by atoms with Gasteiger partial charge in [-0.15, -0.1) is 0 Å². The van der Waals surface area contributed by atoms with Gasteiger partial charge in [0.1, 0.15) is 23.3 Å². The monoisotopic (exact) mass is 435 g/mol. The smallest absolute Gasteiger partial charge is 0.300 e. The summed E-state index contributed by atoms with van der Waals surface area (Å²) in [5, 5.41) is 11.6. The normalized spacial score (nSPS) is 19.5. The molecular weight excluding hydrogens is 418 g/mol. The number of nitrogens with zero attached hydrogens (tertiary/aromatic N) is 1. The van der Waals surface area contributed by atoms with Crippen molar-refractivity contribution < 1.29 is 23.8 Å². The zero-order valence-electron chi connectivity index (χ0n) is 16.6. The Morgan fingerprint density at radius 1 is 1.16 bits per heavy atom. The Bertz CT molecular complexity index is 1240. The number of carbonyl (C=O) groups excluding carboxylic acids is 2. The quantitative estimate of drug-likeness (QED) is 0.363. The molecule has 0 saturated carbocycles. The molecule has 1 saturated heterocycles. The second-order valence-corrected chi connectivity index (χ2v) is 7.97. The number of fused-ring (bicyclic) bond motifs is 1. The van der Waals surface area contributed by atoms with Crippen molar-refractivity contribution in [2.24, 2.45) is 0 Å². The van der Waals surface area contributed by atoms with Crippen molar-refractivity contribution in [1.82, 2.24) is 0 Å². The third kappa shape index (κ3) is 3.11. The highest BCUT2D eigenvalue weighted by atomic mass is 35.5. The number of aryl methyl sites for hydroxylation is 1. The van der Waals surface area contributed by atoms with Crippen molar-refractivity contribution in [3.05, 3.63) is 87.8 Å². The molecule has 1 fully saturated rings. The van der Waals surface area contributed by atoms with Crippen LogP contribution in [0.25, 0.3) is 5.76 Å². The topological polar surface area (TPSA) is 80.0 Å². The molecule has 156 valence electrons. The molecule has 1 aromatic heterocycles. The molecule has 2 aliphatic rings. The van der Waals surface area contributed by atoms with E-state index in [1.54, 1.807) is 48.5 Å². The summed E-state index contributed by atoms with van der Waals surface area (Å²) in [5.41, 5.74) is 2.60. The summed E-state index contributed by atoms with van der Waals surface area (Å²) < 4.78 is 11.1. The molecule has 1 atom stereocenters. The molecule has 7 heteroatoms. The van der Waals surface area contributed by atoms with Crippen molar-refractivity contribution in [3.8, 4) is 5.75 Å². The molecule has 1 amide bonds. The van der Waals surface area contributed by atoms with Gasteiger partial charge in [-0.2, -0.15) is 0 Å². The summed E-state index contributed by atoms with van der Waals surface area (Å²) in [6.07, 6.45) is 2.18. The molecule has 0 bridgehead atoms. The number of hydrogen-bond acceptors (Lipinski definition) is 5. The molecule has 2 aliphatic heterocycles. The van der Waals surface area contributed by atoms with Crippen LogP contribution in [0.3, 0.4) is 0 Å². The Hall–Kier alpha value is -3.51. The van der Waals surface area contributed by atoms with E-state index < -0.39 is 17.7 Å². The van der Waals surface area contributed by atoms with E-state index in [9.17, 15) is 14.7 Å². The van der Waals surface area contributed by atoms with Crippen LogP contribution in [0.2, 0.25) is 5.02 Å². The van der Waals surface area contributed by atoms with E-state index in [2.05, 4.69) is 0 Å². The van der Waals surface area contributed by atoms with E-state index >= 15 is 0 Å². The first-order valence-corrected chi connectivity index (χ1v) is 10.2. The number of aliphatic hydroxyl groups excluding tert-OH is 1. The molecule has 2 aromatic carbocycles. The van der Waals surface area contributed by atoms with Crippen molar-refractivity contribution in [2.45, 2.75) is 19.4 Å². The molecule has 0 spiro atoms. The van der Waals surface area contributed by atoms with Gasteiger partial charge in [0.2, 0.25) is 0 Å². The van der Waals surface area contributed by atoms with Crippen LogP contribution in [-0.2, 0) is 16.0 Å². The minimum absolute atomic E-state index is 0.0295. The highest BCUT2D eigenvalue weighted by Gasteiger charge is 2.48. The molecule has 3 aromatic rings. The fourth-order valence-corrected chi connectivity index (χ4v) is 4.29. The first-order chi connectivity index (χ1) is 15.0. The molecule has 1 unspecified atom stereocenters. The van der Waals surface area contributed by atoms with Crippen molar-refractivity contribution in [3.63, 3.8) is 0 Å². The van der Waals surface area contributed by atoms with E-state index in [-0.39, 0.29) is 11.3 Å². The molecule has 3 heterocycles. The van der Waals surface area contributed by atoms with Gasteiger partial charge in [-0.25, -0.2) is 0 Å². The summed E-state index contributed by atoms with van der Waals surface area (Å²) in [6, 6.07) is 12.8. The average Bonchev–Trinajstić information content (AvgIpc) is 3.50. The number of furan rings is 1. The fourth-order valence-electron chi connectivity index (χ4n) is 4.13. The van der Waals surface area contributed by atoms with Gasteiger partial charge in [-0.1, -0.05) is 17.7 Å². The van der Waals surface area contributed by atoms with E-state index in [1.807, 2.05) is 6.92 Å². The van der Waals surface area contributed by atoms with Crippen LogP contribution < -0.4 is 9.64 Å². The number of hydrogen-bond donors (Lipinski definition) is 1. The number of anilines is 1. The third-order valence-electron chi connectivity index (χ3n) is 5.65. The van der Waals surface area contributed by atoms with Gasteiger partial charge < -0.3 is 14.3 Å². The maximum absolute atomic E-state index is 13.1. The lowest BCUT2D eigenvalue weighted by Gasteiger charge is -2.25. The van der Waals surface area contributed by atoms with Crippen LogP contribution in [0, 0.1) is 6.92 Å². The van der Waals surface area contributed by atoms with Crippen LogP contribution in [0.15, 0.2) is 64.8 Å². The molecule has 31 heavy (non-hydrogen) atoms. The van der Waals surface area contributed by atoms with E-state index in [4.69, 9.17) is 20.8 Å². The van der Waals surface area contributed by atoms with Crippen molar-refractivity contribution in [1.29, 1.82) is 0 Å². The van der Waals surface area contributed by atoms with Gasteiger partial charge in [-0.05, 0) is 60.5 Å². The predicted octanol–water partition coefficient (Wildman–Crippen LogP) is 4.80. The highest BCUT2D eigenvalue weighted by Crippen LogP contribution is 2.44. The molecule has 0 aliphatic carbocycles. The van der Waals surface area contributed by atoms with Crippen LogP contribution in [0.1, 0.15) is 28.5 Å². The zero-order chi connectivity index (χ0) is 21.7. The summed E-state index contributed by atoms with van der Waals surface area (Å²) in [5.74, 6) is -0.664. The summed E-state index contributed by atoms with van der Waals surface area (Å²) in [7, 11) is 0. The maximum atomic E-state index is 13.1. The van der Waals surface area contributed by atoms with Crippen molar-refractivity contribution in [2.75, 3.05) is 11.5 Å². The minimum Gasteiger partial charge on any atom is -0.507 e. The number of aliphatic hydroxyl groups is 1. The Morgan fingerprint density at radius 2 is 2.00 bits per heavy atom. The molecular formula is C24H18ClNO5. The third-order valence-corrected chi connectivity index (χ3v) is 5.89. The van der Waals surface area contributed by atoms with Crippen LogP contribution >= 0.6 is 11.6 Å². The van der Waals surface area contributed by atoms with Crippen LogP contribution in [0.5, 0.6) is 5.75 Å². The lowest BCUT2D eigenvalue weighted by atomic mass is 9.97. The number of benzene rings is 2. The van der Waals surface area contributed by atoms with Crippen LogP contribution in [0.4, 0.5) is 5.69 Å². The zero-order valence-corrected chi connectivity index (χ0v) is 17.3. The van der Waals surface area contributed by atoms with Gasteiger partial charge >= 0.3 is 0 Å². The Kier molecular flexibility index (Phi) is 4.59. The SMILES string of the molecule is Cc1ccc(Cl)cc1N1C(=O)C(=O)/C(=C(\O)c2ccc3c(c2)CCO3)C1c1ccco1. The number of rotatable bonds is 3. The number of ether oxygens (including phenoxy) is 1. The Balaban J connectivity index is 1.71. The molecule has 0 radical (unpaired) electrons. The standard InChI is InChI=1S/C24H18ClNO5/c1-13-4-6-16(25)12-17(13)26-21(19-3-2-9-30-19)20(23(28)24(26)29)22(27)15-5-7-18-14(11-15)8-10-31-18/h2-7,9,11-12,21,27H,8,10H2,1H3/b22-20-. The Morgan fingerprint density at radius 3 is 2.77 bits per heavy atom. The number of halogens is 1. The van der Waals surface area contributed by atoms with Crippen LogP contribution in [-0.4, -0.2) is 23.4 Å². The van der Waals surface area contributed by atoms with E-state index in [1.165, 1.54) is 11.2 Å². The molecule has 5 rings (SSSR count). The fraction of sp³-hybridized carbons (Fsp3) is 0.167. The number of ketones is 1. The van der Waals surface area contributed by atoms with Gasteiger partial charge in [0, 0.05) is 22.7 Å². The minimum atomic E-state index is -0.920. The molecule has 6 nitrogen and oxygen atoms in total. The van der Waals surface area contributed by atoms with Gasteiger partial charge in [0.25, 0.3) is 11.7 Å². The second kappa shape index (κ2) is 7.32. The number of amides is 1. The van der Waals surface area contributed by atoms with Gasteiger partial charge in [0.15, 0.2) is 0 Å². The van der Waals surface area contributed by atoms with Gasteiger partial charge in [-0.3, -0.25) is 14.5 Å².